The van der Waals surface area contributed by atoms with E-state index in [4.69, 9.17) is 4.74 Å². The molecule has 3 aromatic rings. The lowest BCUT2D eigenvalue weighted by atomic mass is 10.2. The first-order chi connectivity index (χ1) is 11.8. The lowest BCUT2D eigenvalue weighted by Crippen LogP contribution is -2.01. The average molecular weight is 419 g/mol. The number of halogens is 1. The molecule has 0 heterocycles. The predicted molar refractivity (Wildman–Crippen MR) is 99.0 cm³/mol. The van der Waals surface area contributed by atoms with E-state index in [9.17, 15) is 13.5 Å². The topological polar surface area (TPSA) is 63.6 Å². The lowest BCUT2D eigenvalue weighted by molar-refractivity contribution is 0.475. The Labute approximate surface area is 154 Å². The van der Waals surface area contributed by atoms with E-state index in [2.05, 4.69) is 15.9 Å². The van der Waals surface area contributed by atoms with Gasteiger partial charge >= 0.3 is 0 Å². The molecule has 25 heavy (non-hydrogen) atoms. The molecule has 0 atom stereocenters. The highest BCUT2D eigenvalue weighted by Crippen LogP contribution is 2.28. The van der Waals surface area contributed by atoms with Crippen molar-refractivity contribution in [2.75, 3.05) is 0 Å². The van der Waals surface area contributed by atoms with Crippen LogP contribution in [0.3, 0.4) is 0 Å². The Morgan fingerprint density at radius 2 is 1.40 bits per heavy atom. The Morgan fingerprint density at radius 1 is 0.840 bits per heavy atom. The van der Waals surface area contributed by atoms with Gasteiger partial charge in [-0.3, -0.25) is 0 Å². The highest BCUT2D eigenvalue weighted by Gasteiger charge is 2.17. The van der Waals surface area contributed by atoms with Gasteiger partial charge < -0.3 is 9.84 Å². The van der Waals surface area contributed by atoms with Crippen LogP contribution in [-0.4, -0.2) is 13.5 Å². The van der Waals surface area contributed by atoms with Gasteiger partial charge in [-0.2, -0.15) is 0 Å². The zero-order valence-electron chi connectivity index (χ0n) is 13.3. The molecule has 0 saturated carbocycles. The number of hydrogen-bond donors (Lipinski definition) is 1. The van der Waals surface area contributed by atoms with Gasteiger partial charge in [-0.1, -0.05) is 15.9 Å². The van der Waals surface area contributed by atoms with Gasteiger partial charge in [0.1, 0.15) is 17.2 Å². The summed E-state index contributed by atoms with van der Waals surface area (Å²) in [6, 6.07) is 17.4. The van der Waals surface area contributed by atoms with Crippen molar-refractivity contribution in [2.24, 2.45) is 0 Å². The third kappa shape index (κ3) is 4.03. The van der Waals surface area contributed by atoms with Crippen LogP contribution in [0.15, 0.2) is 81.0 Å². The summed E-state index contributed by atoms with van der Waals surface area (Å²) in [5, 5.41) is 9.29. The maximum Gasteiger partial charge on any atom is 0.206 e. The molecule has 0 saturated heterocycles. The first-order valence-electron chi connectivity index (χ1n) is 7.44. The number of benzene rings is 3. The zero-order chi connectivity index (χ0) is 18.0. The molecule has 6 heteroatoms. The number of phenolic OH excluding ortho intramolecular Hbond substituents is 1. The fourth-order valence-corrected chi connectivity index (χ4v) is 4.19. The summed E-state index contributed by atoms with van der Waals surface area (Å²) in [7, 11) is -3.63. The average Bonchev–Trinajstić information content (AvgIpc) is 2.55. The molecule has 3 aromatic carbocycles. The van der Waals surface area contributed by atoms with E-state index in [1.807, 2.05) is 25.1 Å². The van der Waals surface area contributed by atoms with E-state index in [0.29, 0.717) is 11.5 Å². The minimum Gasteiger partial charge on any atom is -0.508 e. The summed E-state index contributed by atoms with van der Waals surface area (Å²) in [5.74, 6) is 1.23. The Morgan fingerprint density at radius 3 is 1.96 bits per heavy atom. The molecule has 0 aliphatic heterocycles. The second-order valence-electron chi connectivity index (χ2n) is 5.54. The van der Waals surface area contributed by atoms with Crippen molar-refractivity contribution < 1.29 is 18.3 Å². The second-order valence-corrected chi connectivity index (χ2v) is 8.40. The van der Waals surface area contributed by atoms with Crippen LogP contribution >= 0.6 is 15.9 Å². The number of ether oxygens (including phenoxy) is 1. The molecule has 0 radical (unpaired) electrons. The fourth-order valence-electron chi connectivity index (χ4n) is 2.35. The van der Waals surface area contributed by atoms with E-state index in [1.165, 1.54) is 36.4 Å². The standard InChI is InChI=1S/C19H15BrO4S/c1-13-10-14(20)12-17(11-13)24-16-4-8-19(9-5-16)25(22,23)18-6-2-15(21)3-7-18/h2-12,21H,1H3. The third-order valence-electron chi connectivity index (χ3n) is 3.53. The molecule has 0 fully saturated rings. The number of rotatable bonds is 4. The van der Waals surface area contributed by atoms with Crippen LogP contribution in [0.2, 0.25) is 0 Å². The molecule has 4 nitrogen and oxygen atoms in total. The molecule has 128 valence electrons. The van der Waals surface area contributed by atoms with Gasteiger partial charge in [0, 0.05) is 4.47 Å². The molecular formula is C19H15BrO4S. The first kappa shape index (κ1) is 17.5. The molecule has 0 aliphatic carbocycles. The Balaban J connectivity index is 1.85. The van der Waals surface area contributed by atoms with E-state index < -0.39 is 9.84 Å². The molecule has 3 rings (SSSR count). The summed E-state index contributed by atoms with van der Waals surface area (Å²) in [6.45, 7) is 1.96. The number of hydrogen-bond acceptors (Lipinski definition) is 4. The summed E-state index contributed by atoms with van der Waals surface area (Å²) in [5.41, 5.74) is 1.05. The van der Waals surface area contributed by atoms with Crippen LogP contribution in [0.1, 0.15) is 5.56 Å². The Hall–Kier alpha value is -2.31. The number of aryl methyl sites for hydroxylation is 1. The van der Waals surface area contributed by atoms with Crippen LogP contribution in [0.25, 0.3) is 0 Å². The van der Waals surface area contributed by atoms with Gasteiger partial charge in [0.05, 0.1) is 9.79 Å². The molecule has 0 unspecified atom stereocenters. The van der Waals surface area contributed by atoms with Crippen LogP contribution in [0.5, 0.6) is 17.2 Å². The molecular weight excluding hydrogens is 404 g/mol. The van der Waals surface area contributed by atoms with Gasteiger partial charge in [0.15, 0.2) is 0 Å². The number of sulfone groups is 1. The van der Waals surface area contributed by atoms with Gasteiger partial charge in [-0.05, 0) is 79.2 Å². The zero-order valence-corrected chi connectivity index (χ0v) is 15.7. The smallest absolute Gasteiger partial charge is 0.206 e. The highest BCUT2D eigenvalue weighted by molar-refractivity contribution is 9.10. The summed E-state index contributed by atoms with van der Waals surface area (Å²) in [6.07, 6.45) is 0. The maximum atomic E-state index is 12.6. The molecule has 0 aliphatic rings. The maximum absolute atomic E-state index is 12.6. The van der Waals surface area contributed by atoms with E-state index >= 15 is 0 Å². The van der Waals surface area contributed by atoms with Crippen LogP contribution in [0, 0.1) is 6.92 Å². The van der Waals surface area contributed by atoms with Gasteiger partial charge in [-0.25, -0.2) is 8.42 Å². The van der Waals surface area contributed by atoms with E-state index in [1.54, 1.807) is 12.1 Å². The van der Waals surface area contributed by atoms with Gasteiger partial charge in [0.25, 0.3) is 0 Å². The monoisotopic (exact) mass is 418 g/mol. The first-order valence-corrected chi connectivity index (χ1v) is 9.71. The fraction of sp³-hybridized carbons (Fsp3) is 0.0526. The lowest BCUT2D eigenvalue weighted by Gasteiger charge is -2.09. The quantitative estimate of drug-likeness (QED) is 0.640. The summed E-state index contributed by atoms with van der Waals surface area (Å²) in [4.78, 5) is 0.289. The SMILES string of the molecule is Cc1cc(Br)cc(Oc2ccc(S(=O)(=O)c3ccc(O)cc3)cc2)c1. The van der Waals surface area contributed by atoms with Crippen LogP contribution in [-0.2, 0) is 9.84 Å². The van der Waals surface area contributed by atoms with Crippen molar-refractivity contribution >= 4 is 25.8 Å². The number of phenols is 1. The minimum atomic E-state index is -3.63. The van der Waals surface area contributed by atoms with E-state index in [-0.39, 0.29) is 15.5 Å². The van der Waals surface area contributed by atoms with Gasteiger partial charge in [-0.15, -0.1) is 0 Å². The van der Waals surface area contributed by atoms with Crippen molar-refractivity contribution in [3.63, 3.8) is 0 Å². The van der Waals surface area contributed by atoms with Crippen molar-refractivity contribution in [1.29, 1.82) is 0 Å². The minimum absolute atomic E-state index is 0.0204. The molecule has 0 bridgehead atoms. The van der Waals surface area contributed by atoms with Gasteiger partial charge in [0.2, 0.25) is 9.84 Å². The van der Waals surface area contributed by atoms with Crippen molar-refractivity contribution in [1.82, 2.24) is 0 Å². The second kappa shape index (κ2) is 6.90. The third-order valence-corrected chi connectivity index (χ3v) is 5.78. The van der Waals surface area contributed by atoms with Crippen molar-refractivity contribution in [3.05, 3.63) is 76.8 Å². The van der Waals surface area contributed by atoms with Crippen LogP contribution < -0.4 is 4.74 Å². The molecule has 1 N–H and O–H groups in total. The predicted octanol–water partition coefficient (Wildman–Crippen LogP) is 5.09. The summed E-state index contributed by atoms with van der Waals surface area (Å²) >= 11 is 3.42. The van der Waals surface area contributed by atoms with Crippen molar-refractivity contribution in [2.45, 2.75) is 16.7 Å². The van der Waals surface area contributed by atoms with E-state index in [0.717, 1.165) is 10.0 Å². The molecule has 0 amide bonds. The Kier molecular flexibility index (Phi) is 4.83. The highest BCUT2D eigenvalue weighted by atomic mass is 79.9. The van der Waals surface area contributed by atoms with Crippen LogP contribution in [0.4, 0.5) is 0 Å². The Bertz CT molecular complexity index is 974. The number of aromatic hydroxyl groups is 1. The molecule has 0 spiro atoms. The normalized spacial score (nSPS) is 11.3. The largest absolute Gasteiger partial charge is 0.508 e. The molecule has 0 aromatic heterocycles. The summed E-state index contributed by atoms with van der Waals surface area (Å²) < 4.78 is 31.8. The van der Waals surface area contributed by atoms with Crippen molar-refractivity contribution in [3.8, 4) is 17.2 Å².